The number of nitrogens with zero attached hydrogens (tertiary/aromatic N) is 1. The van der Waals surface area contributed by atoms with Crippen molar-refractivity contribution < 1.29 is 14.3 Å². The van der Waals surface area contributed by atoms with Gasteiger partial charge in [-0.3, -0.25) is 0 Å². The van der Waals surface area contributed by atoms with Gasteiger partial charge in [-0.05, 0) is 33.6 Å². The summed E-state index contributed by atoms with van der Waals surface area (Å²) in [6, 6.07) is 5.77. The summed E-state index contributed by atoms with van der Waals surface area (Å²) in [5, 5.41) is 8.94. The van der Waals surface area contributed by atoms with E-state index in [1.54, 1.807) is 6.07 Å². The molecule has 0 aliphatic carbocycles. The van der Waals surface area contributed by atoms with Gasteiger partial charge in [0.2, 0.25) is 0 Å². The SMILES string of the molecule is O=C(O)c1nc(Br)sc1-c1cccc(F)c1. The molecule has 0 aliphatic heterocycles. The topological polar surface area (TPSA) is 50.2 Å². The lowest BCUT2D eigenvalue weighted by molar-refractivity contribution is 0.0692. The Hall–Kier alpha value is -1.27. The largest absolute Gasteiger partial charge is 0.476 e. The molecule has 0 fully saturated rings. The van der Waals surface area contributed by atoms with E-state index in [0.717, 1.165) is 11.3 Å². The minimum absolute atomic E-state index is 0.0672. The number of carboxylic acid groups (broad SMARTS) is 1. The second-order valence-corrected chi connectivity index (χ2v) is 5.24. The van der Waals surface area contributed by atoms with Gasteiger partial charge in [0, 0.05) is 0 Å². The lowest BCUT2D eigenvalue weighted by atomic mass is 10.1. The average Bonchev–Trinajstić information content (AvgIpc) is 2.60. The van der Waals surface area contributed by atoms with Crippen LogP contribution in [0.3, 0.4) is 0 Å². The van der Waals surface area contributed by atoms with E-state index in [1.807, 2.05) is 0 Å². The van der Waals surface area contributed by atoms with Crippen LogP contribution in [0.2, 0.25) is 0 Å². The molecule has 6 heteroatoms. The third kappa shape index (κ3) is 2.12. The van der Waals surface area contributed by atoms with Gasteiger partial charge in [-0.15, -0.1) is 11.3 Å². The van der Waals surface area contributed by atoms with Crippen molar-refractivity contribution >= 4 is 33.2 Å². The van der Waals surface area contributed by atoms with Crippen molar-refractivity contribution in [2.24, 2.45) is 0 Å². The standard InChI is InChI=1S/C10H5BrFNO2S/c11-10-13-7(9(14)15)8(16-10)5-2-1-3-6(12)4-5/h1-4H,(H,14,15). The highest BCUT2D eigenvalue weighted by molar-refractivity contribution is 9.11. The fraction of sp³-hybridized carbons (Fsp3) is 0. The summed E-state index contributed by atoms with van der Waals surface area (Å²) in [6.45, 7) is 0. The molecule has 0 bridgehead atoms. The molecule has 0 saturated heterocycles. The predicted molar refractivity (Wildman–Crippen MR) is 62.2 cm³/mol. The summed E-state index contributed by atoms with van der Waals surface area (Å²) in [4.78, 5) is 15.2. The summed E-state index contributed by atoms with van der Waals surface area (Å²) in [5.74, 6) is -1.53. The zero-order chi connectivity index (χ0) is 11.7. The van der Waals surface area contributed by atoms with E-state index in [9.17, 15) is 9.18 Å². The van der Waals surface area contributed by atoms with Crippen LogP contribution < -0.4 is 0 Å². The Kier molecular flexibility index (Phi) is 3.02. The molecule has 0 amide bonds. The van der Waals surface area contributed by atoms with Gasteiger partial charge in [-0.1, -0.05) is 12.1 Å². The lowest BCUT2D eigenvalue weighted by Gasteiger charge is -1.98. The Morgan fingerprint density at radius 2 is 2.25 bits per heavy atom. The Labute approximate surface area is 103 Å². The van der Waals surface area contributed by atoms with Gasteiger partial charge in [-0.25, -0.2) is 14.2 Å². The highest BCUT2D eigenvalue weighted by Gasteiger charge is 2.17. The number of halogens is 2. The van der Waals surface area contributed by atoms with Crippen molar-refractivity contribution in [3.05, 3.63) is 39.7 Å². The highest BCUT2D eigenvalue weighted by Crippen LogP contribution is 2.33. The molecule has 2 aromatic rings. The molecule has 16 heavy (non-hydrogen) atoms. The van der Waals surface area contributed by atoms with Gasteiger partial charge in [0.05, 0.1) is 4.88 Å². The van der Waals surface area contributed by atoms with Crippen molar-refractivity contribution in [2.75, 3.05) is 0 Å². The molecular formula is C10H5BrFNO2S. The Morgan fingerprint density at radius 1 is 1.50 bits per heavy atom. The van der Waals surface area contributed by atoms with Gasteiger partial charge in [0.1, 0.15) is 5.82 Å². The number of aromatic carboxylic acids is 1. The van der Waals surface area contributed by atoms with Crippen LogP contribution in [0, 0.1) is 5.82 Å². The summed E-state index contributed by atoms with van der Waals surface area (Å²) in [5.41, 5.74) is 0.447. The van der Waals surface area contributed by atoms with Gasteiger partial charge < -0.3 is 5.11 Å². The molecule has 0 radical (unpaired) electrons. The smallest absolute Gasteiger partial charge is 0.356 e. The maximum absolute atomic E-state index is 13.0. The van der Waals surface area contributed by atoms with Crippen molar-refractivity contribution in [3.63, 3.8) is 0 Å². The van der Waals surface area contributed by atoms with Gasteiger partial charge in [-0.2, -0.15) is 0 Å². The quantitative estimate of drug-likeness (QED) is 0.925. The van der Waals surface area contributed by atoms with Crippen molar-refractivity contribution in [2.45, 2.75) is 0 Å². The van der Waals surface area contributed by atoms with Crippen LogP contribution in [0.25, 0.3) is 10.4 Å². The van der Waals surface area contributed by atoms with Crippen molar-refractivity contribution in [3.8, 4) is 10.4 Å². The molecule has 82 valence electrons. The second-order valence-electron chi connectivity index (χ2n) is 2.96. The molecule has 1 aromatic heterocycles. The van der Waals surface area contributed by atoms with Crippen LogP contribution in [-0.2, 0) is 0 Å². The molecule has 1 N–H and O–H groups in total. The van der Waals surface area contributed by atoms with E-state index in [2.05, 4.69) is 20.9 Å². The number of hydrogen-bond acceptors (Lipinski definition) is 3. The van der Waals surface area contributed by atoms with E-state index in [4.69, 9.17) is 5.11 Å². The van der Waals surface area contributed by atoms with E-state index >= 15 is 0 Å². The molecular weight excluding hydrogens is 297 g/mol. The maximum Gasteiger partial charge on any atom is 0.356 e. The lowest BCUT2D eigenvalue weighted by Crippen LogP contribution is -1.98. The summed E-state index contributed by atoms with van der Waals surface area (Å²) in [7, 11) is 0. The first-order valence-electron chi connectivity index (χ1n) is 4.23. The molecule has 0 aliphatic rings. The first-order valence-corrected chi connectivity index (χ1v) is 5.84. The number of thiazole rings is 1. The van der Waals surface area contributed by atoms with Crippen LogP contribution in [0.1, 0.15) is 10.5 Å². The fourth-order valence-electron chi connectivity index (χ4n) is 1.26. The molecule has 0 saturated carbocycles. The normalized spacial score (nSPS) is 10.4. The fourth-order valence-corrected chi connectivity index (χ4v) is 2.71. The zero-order valence-corrected chi connectivity index (χ0v) is 10.2. The average molecular weight is 302 g/mol. The van der Waals surface area contributed by atoms with E-state index in [0.29, 0.717) is 14.4 Å². The third-order valence-electron chi connectivity index (χ3n) is 1.89. The molecule has 0 atom stereocenters. The first kappa shape index (κ1) is 11.2. The third-order valence-corrected chi connectivity index (χ3v) is 3.45. The molecule has 0 spiro atoms. The van der Waals surface area contributed by atoms with Crippen LogP contribution in [0.15, 0.2) is 28.2 Å². The van der Waals surface area contributed by atoms with Gasteiger partial charge >= 0.3 is 5.97 Å². The van der Waals surface area contributed by atoms with E-state index < -0.39 is 11.8 Å². The molecule has 1 aromatic carbocycles. The van der Waals surface area contributed by atoms with Crippen LogP contribution in [0.4, 0.5) is 4.39 Å². The van der Waals surface area contributed by atoms with Gasteiger partial charge in [0.15, 0.2) is 9.61 Å². The summed E-state index contributed by atoms with van der Waals surface area (Å²) in [6.07, 6.45) is 0. The van der Waals surface area contributed by atoms with Crippen molar-refractivity contribution in [1.29, 1.82) is 0 Å². The molecule has 3 nitrogen and oxygen atoms in total. The molecule has 0 unspecified atom stereocenters. The monoisotopic (exact) mass is 301 g/mol. The highest BCUT2D eigenvalue weighted by atomic mass is 79.9. The van der Waals surface area contributed by atoms with Crippen molar-refractivity contribution in [1.82, 2.24) is 4.98 Å². The molecule has 2 rings (SSSR count). The number of benzene rings is 1. The van der Waals surface area contributed by atoms with E-state index in [-0.39, 0.29) is 5.69 Å². The summed E-state index contributed by atoms with van der Waals surface area (Å²) >= 11 is 4.28. The minimum Gasteiger partial charge on any atom is -0.476 e. The second kappa shape index (κ2) is 4.31. The summed E-state index contributed by atoms with van der Waals surface area (Å²) < 4.78 is 13.5. The number of rotatable bonds is 2. The number of carboxylic acids is 1. The Morgan fingerprint density at radius 3 is 2.88 bits per heavy atom. The Bertz CT molecular complexity index is 556. The van der Waals surface area contributed by atoms with Gasteiger partial charge in [0.25, 0.3) is 0 Å². The number of hydrogen-bond donors (Lipinski definition) is 1. The molecule has 1 heterocycles. The minimum atomic E-state index is -1.12. The maximum atomic E-state index is 13.0. The van der Waals surface area contributed by atoms with E-state index in [1.165, 1.54) is 18.2 Å². The first-order chi connectivity index (χ1) is 7.58. The van der Waals surface area contributed by atoms with Crippen LogP contribution >= 0.6 is 27.3 Å². The van der Waals surface area contributed by atoms with Crippen LogP contribution in [-0.4, -0.2) is 16.1 Å². The zero-order valence-electron chi connectivity index (χ0n) is 7.78. The number of aromatic nitrogens is 1. The number of carbonyl (C=O) groups is 1. The Balaban J connectivity index is 2.59. The predicted octanol–water partition coefficient (Wildman–Crippen LogP) is 3.41. The van der Waals surface area contributed by atoms with Crippen LogP contribution in [0.5, 0.6) is 0 Å².